The van der Waals surface area contributed by atoms with E-state index in [0.29, 0.717) is 10.8 Å². The van der Waals surface area contributed by atoms with Crippen molar-refractivity contribution < 1.29 is 24.0 Å². The molecule has 1 aliphatic heterocycles. The second-order valence-electron chi connectivity index (χ2n) is 4.46. The van der Waals surface area contributed by atoms with Crippen LogP contribution in [0.15, 0.2) is 29.4 Å². The molecular formula is C13H11N5O5. The minimum absolute atomic E-state index is 0.00397. The normalized spacial score (nSPS) is 13.5. The molecule has 1 aliphatic rings. The lowest BCUT2D eigenvalue weighted by Gasteiger charge is -2.12. The number of amides is 3. The van der Waals surface area contributed by atoms with Gasteiger partial charge >= 0.3 is 5.97 Å². The Morgan fingerprint density at radius 1 is 1.22 bits per heavy atom. The zero-order valence-corrected chi connectivity index (χ0v) is 11.8. The number of nitrogens with zero attached hydrogens (tertiary/aromatic N) is 4. The fourth-order valence-electron chi connectivity index (χ4n) is 1.78. The average molecular weight is 317 g/mol. The van der Waals surface area contributed by atoms with E-state index in [9.17, 15) is 19.2 Å². The molecular weight excluding hydrogens is 306 g/mol. The van der Waals surface area contributed by atoms with E-state index < -0.39 is 30.2 Å². The molecule has 3 amide bonds. The first-order valence-electron chi connectivity index (χ1n) is 6.51. The van der Waals surface area contributed by atoms with Crippen LogP contribution in [0, 0.1) is 0 Å². The van der Waals surface area contributed by atoms with E-state index in [2.05, 4.69) is 20.2 Å². The van der Waals surface area contributed by atoms with Crippen molar-refractivity contribution in [3.63, 3.8) is 0 Å². The fourth-order valence-corrected chi connectivity index (χ4v) is 1.78. The summed E-state index contributed by atoms with van der Waals surface area (Å²) in [6.45, 7) is -0.506. The van der Waals surface area contributed by atoms with E-state index in [4.69, 9.17) is 5.53 Å². The van der Waals surface area contributed by atoms with Crippen LogP contribution in [0.3, 0.4) is 0 Å². The molecule has 0 unspecified atom stereocenters. The first-order valence-corrected chi connectivity index (χ1v) is 6.51. The summed E-state index contributed by atoms with van der Waals surface area (Å²) in [5.74, 6) is -2.69. The molecule has 0 spiro atoms. The summed E-state index contributed by atoms with van der Waals surface area (Å²) < 4.78 is 0. The van der Waals surface area contributed by atoms with Crippen LogP contribution >= 0.6 is 0 Å². The van der Waals surface area contributed by atoms with E-state index >= 15 is 0 Å². The number of rotatable bonds is 5. The fraction of sp³-hybridized carbons (Fsp3) is 0.231. The third-order valence-electron chi connectivity index (χ3n) is 2.88. The van der Waals surface area contributed by atoms with Crippen LogP contribution in [0.4, 0.5) is 5.69 Å². The van der Waals surface area contributed by atoms with Gasteiger partial charge < -0.3 is 10.2 Å². The Bertz CT molecular complexity index is 692. The Morgan fingerprint density at radius 3 is 2.39 bits per heavy atom. The van der Waals surface area contributed by atoms with Crippen molar-refractivity contribution in [2.75, 3.05) is 6.54 Å². The van der Waals surface area contributed by atoms with E-state index in [1.807, 2.05) is 0 Å². The highest BCUT2D eigenvalue weighted by atomic mass is 16.7. The predicted octanol–water partition coefficient (Wildman–Crippen LogP) is 0.965. The molecule has 0 aromatic heterocycles. The lowest BCUT2D eigenvalue weighted by Crippen LogP contribution is -2.37. The van der Waals surface area contributed by atoms with Gasteiger partial charge in [0.05, 0.1) is 0 Å². The van der Waals surface area contributed by atoms with Gasteiger partial charge in [0, 0.05) is 29.0 Å². The smallest absolute Gasteiger partial charge is 0.341 e. The first-order chi connectivity index (χ1) is 11.0. The largest absolute Gasteiger partial charge is 0.352 e. The van der Waals surface area contributed by atoms with Crippen LogP contribution < -0.4 is 5.32 Å². The van der Waals surface area contributed by atoms with Gasteiger partial charge in [-0.1, -0.05) is 17.2 Å². The topological polar surface area (TPSA) is 142 Å². The molecule has 10 nitrogen and oxygen atoms in total. The van der Waals surface area contributed by atoms with Gasteiger partial charge in [-0.2, -0.15) is 0 Å². The Labute approximate surface area is 129 Å². The summed E-state index contributed by atoms with van der Waals surface area (Å²) in [5, 5.41) is 6.05. The van der Waals surface area contributed by atoms with Crippen LogP contribution in [0.25, 0.3) is 10.4 Å². The highest BCUT2D eigenvalue weighted by Gasteiger charge is 2.32. The second kappa shape index (κ2) is 7.05. The predicted molar refractivity (Wildman–Crippen MR) is 74.8 cm³/mol. The van der Waals surface area contributed by atoms with Crippen molar-refractivity contribution in [3.8, 4) is 0 Å². The van der Waals surface area contributed by atoms with E-state index in [1.54, 1.807) is 0 Å². The molecule has 1 N–H and O–H groups in total. The SMILES string of the molecule is [N-]=[N+]=Nc1ccc(C(=O)NCC(=O)ON2C(=O)CCC2=O)cc1. The quantitative estimate of drug-likeness (QED) is 0.372. The molecule has 0 aliphatic carbocycles. The van der Waals surface area contributed by atoms with E-state index in [1.165, 1.54) is 24.3 Å². The molecule has 0 radical (unpaired) electrons. The number of nitrogens with one attached hydrogen (secondary N) is 1. The molecule has 1 saturated heterocycles. The first kappa shape index (κ1) is 16.0. The van der Waals surface area contributed by atoms with Gasteiger partial charge in [-0.25, -0.2) is 4.79 Å². The molecule has 23 heavy (non-hydrogen) atoms. The van der Waals surface area contributed by atoms with E-state index in [0.717, 1.165) is 0 Å². The lowest BCUT2D eigenvalue weighted by atomic mass is 10.2. The van der Waals surface area contributed by atoms with Crippen molar-refractivity contribution in [3.05, 3.63) is 40.3 Å². The molecule has 0 bridgehead atoms. The maximum Gasteiger partial charge on any atom is 0.352 e. The zero-order chi connectivity index (χ0) is 16.8. The van der Waals surface area contributed by atoms with Crippen molar-refractivity contribution in [1.82, 2.24) is 10.4 Å². The molecule has 2 rings (SSSR count). The lowest BCUT2D eigenvalue weighted by molar-refractivity contribution is -0.196. The molecule has 0 saturated carbocycles. The molecule has 118 valence electrons. The monoisotopic (exact) mass is 317 g/mol. The van der Waals surface area contributed by atoms with E-state index in [-0.39, 0.29) is 18.4 Å². The number of imide groups is 1. The molecule has 1 heterocycles. The third-order valence-corrected chi connectivity index (χ3v) is 2.88. The van der Waals surface area contributed by atoms with Gasteiger partial charge in [-0.3, -0.25) is 14.4 Å². The summed E-state index contributed by atoms with van der Waals surface area (Å²) in [5.41, 5.74) is 8.85. The summed E-state index contributed by atoms with van der Waals surface area (Å²) in [7, 11) is 0. The van der Waals surface area contributed by atoms with Crippen LogP contribution in [-0.2, 0) is 19.2 Å². The Kier molecular flexibility index (Phi) is 4.90. The minimum atomic E-state index is -0.937. The number of benzene rings is 1. The number of carbonyl (C=O) groups excluding carboxylic acids is 4. The Hall–Kier alpha value is -3.39. The van der Waals surface area contributed by atoms with Gasteiger partial charge in [-0.15, -0.1) is 5.06 Å². The summed E-state index contributed by atoms with van der Waals surface area (Å²) >= 11 is 0. The number of hydrogen-bond donors (Lipinski definition) is 1. The van der Waals surface area contributed by atoms with Gasteiger partial charge in [0.1, 0.15) is 6.54 Å². The van der Waals surface area contributed by atoms with Gasteiger partial charge in [0.2, 0.25) is 0 Å². The summed E-state index contributed by atoms with van der Waals surface area (Å²) in [6, 6.07) is 5.71. The average Bonchev–Trinajstić information content (AvgIpc) is 2.85. The number of hydroxylamine groups is 2. The molecule has 0 atom stereocenters. The highest BCUT2D eigenvalue weighted by molar-refractivity contribution is 6.02. The third kappa shape index (κ3) is 4.05. The summed E-state index contributed by atoms with van der Waals surface area (Å²) in [6.07, 6.45) is -0.00794. The van der Waals surface area contributed by atoms with Crippen LogP contribution in [-0.4, -0.2) is 35.3 Å². The second-order valence-corrected chi connectivity index (χ2v) is 4.46. The van der Waals surface area contributed by atoms with Crippen molar-refractivity contribution in [1.29, 1.82) is 0 Å². The van der Waals surface area contributed by atoms with Gasteiger partial charge in [0.25, 0.3) is 17.7 Å². The number of carbonyl (C=O) groups is 4. The van der Waals surface area contributed by atoms with Gasteiger partial charge in [0.15, 0.2) is 0 Å². The maximum absolute atomic E-state index is 11.8. The van der Waals surface area contributed by atoms with Crippen LogP contribution in [0.1, 0.15) is 23.2 Å². The summed E-state index contributed by atoms with van der Waals surface area (Å²) in [4.78, 5) is 53.1. The molecule has 1 aromatic rings. The Balaban J connectivity index is 1.86. The van der Waals surface area contributed by atoms with Crippen LogP contribution in [0.2, 0.25) is 0 Å². The molecule has 10 heteroatoms. The van der Waals surface area contributed by atoms with Crippen molar-refractivity contribution in [2.24, 2.45) is 5.11 Å². The maximum atomic E-state index is 11.8. The van der Waals surface area contributed by atoms with Crippen molar-refractivity contribution in [2.45, 2.75) is 12.8 Å². The number of azide groups is 1. The number of hydrogen-bond acceptors (Lipinski definition) is 6. The molecule has 1 aromatic carbocycles. The molecule has 1 fully saturated rings. The Morgan fingerprint density at radius 2 is 1.83 bits per heavy atom. The highest BCUT2D eigenvalue weighted by Crippen LogP contribution is 2.13. The van der Waals surface area contributed by atoms with Gasteiger partial charge in [-0.05, 0) is 17.7 Å². The minimum Gasteiger partial charge on any atom is -0.341 e. The van der Waals surface area contributed by atoms with Crippen LogP contribution in [0.5, 0.6) is 0 Å². The zero-order valence-electron chi connectivity index (χ0n) is 11.8. The van der Waals surface area contributed by atoms with Crippen molar-refractivity contribution >= 4 is 29.4 Å². The standard InChI is InChI=1S/C13H11N5O5/c14-17-16-9-3-1-8(2-4-9)13(22)15-7-12(21)23-18-10(19)5-6-11(18)20/h1-4H,5-7H2,(H,15,22).